The molecule has 0 aliphatic heterocycles. The summed E-state index contributed by atoms with van der Waals surface area (Å²) in [5.74, 6) is -1.02. The van der Waals surface area contributed by atoms with E-state index in [1.54, 1.807) is 0 Å². The normalized spacial score (nSPS) is 19.3. The summed E-state index contributed by atoms with van der Waals surface area (Å²) in [5, 5.41) is 11.5. The van der Waals surface area contributed by atoms with Crippen molar-refractivity contribution in [3.63, 3.8) is 0 Å². The minimum absolute atomic E-state index is 0.0661. The van der Waals surface area contributed by atoms with Crippen LogP contribution in [0.15, 0.2) is 0 Å². The molecule has 0 bridgehead atoms. The van der Waals surface area contributed by atoms with Gasteiger partial charge in [0.05, 0.1) is 6.10 Å². The summed E-state index contributed by atoms with van der Waals surface area (Å²) < 4.78 is 5.89. The van der Waals surface area contributed by atoms with Gasteiger partial charge in [-0.3, -0.25) is 9.59 Å². The topological polar surface area (TPSA) is 75.6 Å². The van der Waals surface area contributed by atoms with Crippen LogP contribution in [0.4, 0.5) is 0 Å². The predicted octanol–water partition coefficient (Wildman–Crippen LogP) is 2.34. The fourth-order valence-corrected chi connectivity index (χ4v) is 2.54. The van der Waals surface area contributed by atoms with Crippen molar-refractivity contribution in [1.29, 1.82) is 0 Å². The number of carboxylic acid groups (broad SMARTS) is 1. The van der Waals surface area contributed by atoms with Gasteiger partial charge >= 0.3 is 5.97 Å². The first-order chi connectivity index (χ1) is 9.52. The second-order valence-corrected chi connectivity index (χ2v) is 5.74. The standard InChI is InChI=1S/C15H27NO4/c1-3-13(20-12-7-5-4-6-8-12)15(19)16-10-11(2)9-14(17)18/h11-13H,3-10H2,1-2H3,(H,16,19)(H,17,18). The summed E-state index contributed by atoms with van der Waals surface area (Å²) >= 11 is 0. The molecular weight excluding hydrogens is 258 g/mol. The van der Waals surface area contributed by atoms with Crippen molar-refractivity contribution >= 4 is 11.9 Å². The molecule has 5 heteroatoms. The molecule has 1 fully saturated rings. The molecule has 2 N–H and O–H groups in total. The molecule has 1 aliphatic rings. The van der Waals surface area contributed by atoms with E-state index in [9.17, 15) is 9.59 Å². The van der Waals surface area contributed by atoms with Gasteiger partial charge in [-0.05, 0) is 25.2 Å². The lowest BCUT2D eigenvalue weighted by atomic mass is 9.97. The number of rotatable bonds is 8. The van der Waals surface area contributed by atoms with Gasteiger partial charge in [-0.2, -0.15) is 0 Å². The SMILES string of the molecule is CCC(OC1CCCCC1)C(=O)NCC(C)CC(=O)O. The molecule has 1 rings (SSSR count). The molecule has 0 saturated heterocycles. The van der Waals surface area contributed by atoms with Crippen LogP contribution in [0.1, 0.15) is 58.8 Å². The highest BCUT2D eigenvalue weighted by atomic mass is 16.5. The Morgan fingerprint density at radius 3 is 2.50 bits per heavy atom. The van der Waals surface area contributed by atoms with Crippen molar-refractivity contribution in [3.05, 3.63) is 0 Å². The molecule has 0 aromatic rings. The van der Waals surface area contributed by atoms with Crippen molar-refractivity contribution in [1.82, 2.24) is 5.32 Å². The molecule has 5 nitrogen and oxygen atoms in total. The van der Waals surface area contributed by atoms with Crippen molar-refractivity contribution in [2.45, 2.75) is 71.0 Å². The predicted molar refractivity (Wildman–Crippen MR) is 76.5 cm³/mol. The molecule has 2 atom stereocenters. The molecule has 1 saturated carbocycles. The summed E-state index contributed by atoms with van der Waals surface area (Å²) in [6, 6.07) is 0. The lowest BCUT2D eigenvalue weighted by Gasteiger charge is -2.26. The first-order valence-electron chi connectivity index (χ1n) is 7.67. The monoisotopic (exact) mass is 285 g/mol. The summed E-state index contributed by atoms with van der Waals surface area (Å²) in [5.41, 5.74) is 0. The summed E-state index contributed by atoms with van der Waals surface area (Å²) in [6.07, 6.45) is 6.21. The van der Waals surface area contributed by atoms with Gasteiger partial charge in [0.1, 0.15) is 6.10 Å². The maximum absolute atomic E-state index is 12.1. The third kappa shape index (κ3) is 6.37. The second-order valence-electron chi connectivity index (χ2n) is 5.74. The third-order valence-electron chi connectivity index (χ3n) is 3.72. The third-order valence-corrected chi connectivity index (χ3v) is 3.72. The van der Waals surface area contributed by atoms with Gasteiger partial charge < -0.3 is 15.2 Å². The van der Waals surface area contributed by atoms with E-state index in [2.05, 4.69) is 5.32 Å². The van der Waals surface area contributed by atoms with E-state index in [0.29, 0.717) is 13.0 Å². The fraction of sp³-hybridized carbons (Fsp3) is 0.867. The number of aliphatic carboxylic acids is 1. The maximum atomic E-state index is 12.1. The van der Waals surface area contributed by atoms with Crippen LogP contribution >= 0.6 is 0 Å². The zero-order valence-electron chi connectivity index (χ0n) is 12.6. The molecule has 2 unspecified atom stereocenters. The molecule has 0 aromatic carbocycles. The number of carbonyl (C=O) groups excluding carboxylic acids is 1. The highest BCUT2D eigenvalue weighted by molar-refractivity contribution is 5.80. The van der Waals surface area contributed by atoms with Gasteiger partial charge in [-0.1, -0.05) is 33.1 Å². The lowest BCUT2D eigenvalue weighted by Crippen LogP contribution is -2.40. The van der Waals surface area contributed by atoms with Gasteiger partial charge in [-0.15, -0.1) is 0 Å². The molecule has 0 aromatic heterocycles. The number of hydrogen-bond donors (Lipinski definition) is 2. The number of ether oxygens (including phenoxy) is 1. The van der Waals surface area contributed by atoms with Crippen LogP contribution in [-0.4, -0.2) is 35.7 Å². The van der Waals surface area contributed by atoms with Gasteiger partial charge in [0, 0.05) is 13.0 Å². The van der Waals surface area contributed by atoms with Crippen molar-refractivity contribution < 1.29 is 19.4 Å². The maximum Gasteiger partial charge on any atom is 0.303 e. The number of nitrogens with one attached hydrogen (secondary N) is 1. The van der Waals surface area contributed by atoms with Crippen LogP contribution in [0, 0.1) is 5.92 Å². The van der Waals surface area contributed by atoms with Crippen molar-refractivity contribution in [2.75, 3.05) is 6.54 Å². The first-order valence-corrected chi connectivity index (χ1v) is 7.67. The van der Waals surface area contributed by atoms with Gasteiger partial charge in [0.25, 0.3) is 0 Å². The highest BCUT2D eigenvalue weighted by Gasteiger charge is 2.23. The largest absolute Gasteiger partial charge is 0.481 e. The van der Waals surface area contributed by atoms with E-state index >= 15 is 0 Å². The molecule has 20 heavy (non-hydrogen) atoms. The molecule has 1 amide bonds. The van der Waals surface area contributed by atoms with Gasteiger partial charge in [0.2, 0.25) is 5.91 Å². The molecule has 0 spiro atoms. The van der Waals surface area contributed by atoms with Crippen LogP contribution in [-0.2, 0) is 14.3 Å². The van der Waals surface area contributed by atoms with Crippen LogP contribution in [0.2, 0.25) is 0 Å². The summed E-state index contributed by atoms with van der Waals surface area (Å²) in [7, 11) is 0. The van der Waals surface area contributed by atoms with E-state index in [4.69, 9.17) is 9.84 Å². The van der Waals surface area contributed by atoms with Crippen LogP contribution in [0.5, 0.6) is 0 Å². The highest BCUT2D eigenvalue weighted by Crippen LogP contribution is 2.22. The number of hydrogen-bond acceptors (Lipinski definition) is 3. The Labute approximate surface area is 121 Å². The fourth-order valence-electron chi connectivity index (χ4n) is 2.54. The second kappa shape index (κ2) is 8.95. The Kier molecular flexibility index (Phi) is 7.59. The van der Waals surface area contributed by atoms with Crippen molar-refractivity contribution in [2.24, 2.45) is 5.92 Å². The molecule has 0 radical (unpaired) electrons. The lowest BCUT2D eigenvalue weighted by molar-refractivity contribution is -0.140. The Morgan fingerprint density at radius 2 is 1.95 bits per heavy atom. The van der Waals surface area contributed by atoms with Gasteiger partial charge in [0.15, 0.2) is 0 Å². The molecule has 0 heterocycles. The zero-order valence-corrected chi connectivity index (χ0v) is 12.6. The zero-order chi connectivity index (χ0) is 15.0. The first kappa shape index (κ1) is 17.0. The minimum atomic E-state index is -0.836. The molecule has 1 aliphatic carbocycles. The minimum Gasteiger partial charge on any atom is -0.481 e. The Hall–Kier alpha value is -1.10. The van der Waals surface area contributed by atoms with E-state index < -0.39 is 12.1 Å². The Morgan fingerprint density at radius 1 is 1.30 bits per heavy atom. The smallest absolute Gasteiger partial charge is 0.303 e. The van der Waals surface area contributed by atoms with E-state index in [-0.39, 0.29) is 24.3 Å². The van der Waals surface area contributed by atoms with E-state index in [0.717, 1.165) is 12.8 Å². The Balaban J connectivity index is 2.32. The average molecular weight is 285 g/mol. The van der Waals surface area contributed by atoms with Crippen LogP contribution < -0.4 is 5.32 Å². The van der Waals surface area contributed by atoms with Crippen molar-refractivity contribution in [3.8, 4) is 0 Å². The van der Waals surface area contributed by atoms with Crippen LogP contribution in [0.3, 0.4) is 0 Å². The quantitative estimate of drug-likeness (QED) is 0.717. The Bertz CT molecular complexity index is 313. The number of carboxylic acids is 1. The average Bonchev–Trinajstić information content (AvgIpc) is 2.42. The van der Waals surface area contributed by atoms with E-state index in [1.807, 2.05) is 13.8 Å². The van der Waals surface area contributed by atoms with Crippen LogP contribution in [0.25, 0.3) is 0 Å². The molecular formula is C15H27NO4. The number of amides is 1. The summed E-state index contributed by atoms with van der Waals surface area (Å²) in [6.45, 7) is 4.14. The molecule has 116 valence electrons. The van der Waals surface area contributed by atoms with Gasteiger partial charge in [-0.25, -0.2) is 0 Å². The number of carbonyl (C=O) groups is 2. The van der Waals surface area contributed by atoms with E-state index in [1.165, 1.54) is 19.3 Å². The summed E-state index contributed by atoms with van der Waals surface area (Å²) in [4.78, 5) is 22.6.